The lowest BCUT2D eigenvalue weighted by Gasteiger charge is -2.33. The van der Waals surface area contributed by atoms with Crippen molar-refractivity contribution in [1.29, 1.82) is 0 Å². The molecule has 1 rings (SSSR count). The number of nitrogens with zero attached hydrogens (tertiary/aromatic N) is 1. The van der Waals surface area contributed by atoms with Crippen LogP contribution < -0.4 is 10.2 Å². The quantitative estimate of drug-likeness (QED) is 0.710. The highest BCUT2D eigenvalue weighted by Gasteiger charge is 2.17. The van der Waals surface area contributed by atoms with E-state index in [2.05, 4.69) is 65.1 Å². The predicted molar refractivity (Wildman–Crippen MR) is 95.2 cm³/mol. The zero-order chi connectivity index (χ0) is 15.8. The molecule has 0 aromatic heterocycles. The zero-order valence-corrected chi connectivity index (χ0v) is 15.5. The van der Waals surface area contributed by atoms with E-state index in [0.717, 1.165) is 30.5 Å². The molecular weight excluding hydrogens is 328 g/mol. The largest absolute Gasteiger partial charge is 0.383 e. The molecule has 0 aliphatic carbocycles. The molecule has 0 aliphatic heterocycles. The predicted octanol–water partition coefficient (Wildman–Crippen LogP) is 4.37. The van der Waals surface area contributed by atoms with Crippen LogP contribution in [0.4, 0.5) is 5.69 Å². The van der Waals surface area contributed by atoms with E-state index in [-0.39, 0.29) is 0 Å². The Morgan fingerprint density at radius 1 is 1.29 bits per heavy atom. The molecule has 0 radical (unpaired) electrons. The number of hydrogen-bond acceptors (Lipinski definition) is 3. The third kappa shape index (κ3) is 4.97. The summed E-state index contributed by atoms with van der Waals surface area (Å²) in [5.41, 5.74) is 2.55. The number of nitrogens with one attached hydrogen (secondary N) is 1. The van der Waals surface area contributed by atoms with Crippen LogP contribution in [0.1, 0.15) is 45.2 Å². The summed E-state index contributed by atoms with van der Waals surface area (Å²) >= 11 is 3.72. The van der Waals surface area contributed by atoms with Gasteiger partial charge in [-0.05, 0) is 44.5 Å². The van der Waals surface area contributed by atoms with Gasteiger partial charge in [-0.15, -0.1) is 0 Å². The molecule has 0 saturated heterocycles. The van der Waals surface area contributed by atoms with E-state index >= 15 is 0 Å². The molecule has 120 valence electrons. The van der Waals surface area contributed by atoms with E-state index in [1.165, 1.54) is 11.3 Å². The molecule has 1 atom stereocenters. The second-order valence-corrected chi connectivity index (χ2v) is 6.23. The van der Waals surface area contributed by atoms with Crippen LogP contribution in [-0.4, -0.2) is 33.4 Å². The molecule has 0 spiro atoms. The van der Waals surface area contributed by atoms with Crippen LogP contribution in [0.5, 0.6) is 0 Å². The van der Waals surface area contributed by atoms with Crippen LogP contribution in [0, 0.1) is 0 Å². The van der Waals surface area contributed by atoms with E-state index < -0.39 is 0 Å². The summed E-state index contributed by atoms with van der Waals surface area (Å²) in [5.74, 6) is 0. The Morgan fingerprint density at radius 3 is 2.43 bits per heavy atom. The first-order valence-electron chi connectivity index (χ1n) is 7.81. The Morgan fingerprint density at radius 2 is 1.95 bits per heavy atom. The van der Waals surface area contributed by atoms with Crippen LogP contribution in [-0.2, 0) is 4.74 Å². The minimum atomic E-state index is 0.342. The fourth-order valence-corrected chi connectivity index (χ4v) is 3.35. The molecule has 4 heteroatoms. The van der Waals surface area contributed by atoms with Crippen molar-refractivity contribution in [2.75, 3.05) is 32.2 Å². The van der Waals surface area contributed by atoms with Gasteiger partial charge in [0.2, 0.25) is 0 Å². The van der Waals surface area contributed by atoms with E-state index in [1.807, 2.05) is 7.05 Å². The third-order valence-corrected chi connectivity index (χ3v) is 4.82. The van der Waals surface area contributed by atoms with Crippen molar-refractivity contribution < 1.29 is 4.74 Å². The molecular formula is C17H29BrN2O. The van der Waals surface area contributed by atoms with Gasteiger partial charge in [0.05, 0.1) is 6.61 Å². The maximum atomic E-state index is 5.28. The fraction of sp³-hybridized carbons (Fsp3) is 0.647. The van der Waals surface area contributed by atoms with Crippen molar-refractivity contribution in [1.82, 2.24) is 5.32 Å². The molecule has 1 unspecified atom stereocenters. The third-order valence-electron chi connectivity index (χ3n) is 4.13. The Kier molecular flexibility index (Phi) is 8.30. The van der Waals surface area contributed by atoms with Crippen molar-refractivity contribution in [2.45, 2.75) is 45.7 Å². The van der Waals surface area contributed by atoms with Crippen LogP contribution in [0.15, 0.2) is 22.7 Å². The second-order valence-electron chi connectivity index (χ2n) is 5.37. The van der Waals surface area contributed by atoms with Gasteiger partial charge in [-0.25, -0.2) is 0 Å². The number of hydrogen-bond donors (Lipinski definition) is 1. The summed E-state index contributed by atoms with van der Waals surface area (Å²) < 4.78 is 6.44. The molecule has 0 saturated carbocycles. The van der Waals surface area contributed by atoms with Crippen LogP contribution in [0.25, 0.3) is 0 Å². The van der Waals surface area contributed by atoms with Gasteiger partial charge in [-0.3, -0.25) is 0 Å². The van der Waals surface area contributed by atoms with Crippen molar-refractivity contribution in [3.05, 3.63) is 28.2 Å². The number of methoxy groups -OCH3 is 1. The first kappa shape index (κ1) is 18.5. The highest BCUT2D eigenvalue weighted by molar-refractivity contribution is 9.10. The number of rotatable bonds is 9. The van der Waals surface area contributed by atoms with Gasteiger partial charge in [0.1, 0.15) is 0 Å². The standard InChI is InChI=1S/C17H29BrN2O/c1-6-14(7-2)20(10-11-21-5)15-8-9-16(13(3)19-4)17(18)12-15/h8-9,12-14,19H,6-7,10-11H2,1-5H3. The molecule has 1 aromatic carbocycles. The Hall–Kier alpha value is -0.580. The van der Waals surface area contributed by atoms with Gasteiger partial charge in [0.15, 0.2) is 0 Å². The zero-order valence-electron chi connectivity index (χ0n) is 13.9. The number of benzene rings is 1. The summed E-state index contributed by atoms with van der Waals surface area (Å²) in [6, 6.07) is 7.57. The average molecular weight is 357 g/mol. The van der Waals surface area contributed by atoms with Gasteiger partial charge >= 0.3 is 0 Å². The molecule has 1 aromatic rings. The van der Waals surface area contributed by atoms with Gasteiger partial charge in [0, 0.05) is 35.9 Å². The van der Waals surface area contributed by atoms with Gasteiger partial charge in [0.25, 0.3) is 0 Å². The first-order valence-corrected chi connectivity index (χ1v) is 8.60. The van der Waals surface area contributed by atoms with Crippen molar-refractivity contribution in [2.24, 2.45) is 0 Å². The van der Waals surface area contributed by atoms with E-state index in [1.54, 1.807) is 7.11 Å². The van der Waals surface area contributed by atoms with Crippen LogP contribution in [0.3, 0.4) is 0 Å². The van der Waals surface area contributed by atoms with E-state index in [4.69, 9.17) is 4.74 Å². The Balaban J connectivity index is 3.04. The molecule has 0 bridgehead atoms. The number of halogens is 1. The van der Waals surface area contributed by atoms with Gasteiger partial charge in [-0.2, -0.15) is 0 Å². The van der Waals surface area contributed by atoms with Crippen molar-refractivity contribution >= 4 is 21.6 Å². The lowest BCUT2D eigenvalue weighted by atomic mass is 10.1. The molecule has 0 fully saturated rings. The van der Waals surface area contributed by atoms with Crippen molar-refractivity contribution in [3.63, 3.8) is 0 Å². The molecule has 0 aliphatic rings. The average Bonchev–Trinajstić information content (AvgIpc) is 2.50. The van der Waals surface area contributed by atoms with Crippen LogP contribution >= 0.6 is 15.9 Å². The lowest BCUT2D eigenvalue weighted by molar-refractivity contribution is 0.202. The Bertz CT molecular complexity index is 421. The second kappa shape index (κ2) is 9.44. The molecule has 1 N–H and O–H groups in total. The maximum absolute atomic E-state index is 5.28. The first-order chi connectivity index (χ1) is 10.1. The molecule has 0 heterocycles. The topological polar surface area (TPSA) is 24.5 Å². The van der Waals surface area contributed by atoms with Crippen molar-refractivity contribution in [3.8, 4) is 0 Å². The highest BCUT2D eigenvalue weighted by Crippen LogP contribution is 2.30. The lowest BCUT2D eigenvalue weighted by Crippen LogP contribution is -2.37. The normalized spacial score (nSPS) is 12.7. The smallest absolute Gasteiger partial charge is 0.0637 e. The van der Waals surface area contributed by atoms with Gasteiger partial charge < -0.3 is 15.0 Å². The summed E-state index contributed by atoms with van der Waals surface area (Å²) in [7, 11) is 3.75. The SMILES string of the molecule is CCC(CC)N(CCOC)c1ccc(C(C)NC)c(Br)c1. The summed E-state index contributed by atoms with van der Waals surface area (Å²) in [4.78, 5) is 2.46. The Labute approximate surface area is 138 Å². The van der Waals surface area contributed by atoms with Gasteiger partial charge in [-0.1, -0.05) is 35.8 Å². The van der Waals surface area contributed by atoms with E-state index in [9.17, 15) is 0 Å². The van der Waals surface area contributed by atoms with Crippen LogP contribution in [0.2, 0.25) is 0 Å². The van der Waals surface area contributed by atoms with E-state index in [0.29, 0.717) is 12.1 Å². The summed E-state index contributed by atoms with van der Waals surface area (Å²) in [6.45, 7) is 8.35. The highest BCUT2D eigenvalue weighted by atomic mass is 79.9. The fourth-order valence-electron chi connectivity index (χ4n) is 2.64. The number of anilines is 1. The number of ether oxygens (including phenoxy) is 1. The molecule has 21 heavy (non-hydrogen) atoms. The summed E-state index contributed by atoms with van der Waals surface area (Å²) in [5, 5.41) is 3.29. The summed E-state index contributed by atoms with van der Waals surface area (Å²) in [6.07, 6.45) is 2.29. The minimum absolute atomic E-state index is 0.342. The minimum Gasteiger partial charge on any atom is -0.383 e. The monoisotopic (exact) mass is 356 g/mol. The maximum Gasteiger partial charge on any atom is 0.0637 e. The molecule has 0 amide bonds. The molecule has 3 nitrogen and oxygen atoms in total.